The first-order chi connectivity index (χ1) is 12.6. The van der Waals surface area contributed by atoms with E-state index in [1.807, 2.05) is 19.0 Å². The highest BCUT2D eigenvalue weighted by Crippen LogP contribution is 2.30. The van der Waals surface area contributed by atoms with Crippen molar-refractivity contribution in [2.75, 3.05) is 32.6 Å². The summed E-state index contributed by atoms with van der Waals surface area (Å²) >= 11 is 6.14. The van der Waals surface area contributed by atoms with Gasteiger partial charge >= 0.3 is 6.18 Å². The zero-order valence-corrected chi connectivity index (χ0v) is 15.7. The molecule has 0 bridgehead atoms. The molecule has 0 aliphatic carbocycles. The molecule has 2 aromatic carbocycles. The molecule has 0 aliphatic rings. The number of halogens is 4. The maximum atomic E-state index is 12.7. The second kappa shape index (κ2) is 9.10. The van der Waals surface area contributed by atoms with Crippen LogP contribution in [0.2, 0.25) is 5.02 Å². The molecule has 146 valence electrons. The van der Waals surface area contributed by atoms with E-state index < -0.39 is 17.6 Å². The minimum absolute atomic E-state index is 0.178. The quantitative estimate of drug-likeness (QED) is 0.745. The Labute approximate surface area is 160 Å². The van der Waals surface area contributed by atoms with Crippen molar-refractivity contribution in [1.82, 2.24) is 4.90 Å². The van der Waals surface area contributed by atoms with Crippen molar-refractivity contribution in [1.29, 1.82) is 0 Å². The van der Waals surface area contributed by atoms with Gasteiger partial charge in [-0.05, 0) is 43.9 Å². The molecule has 0 fully saturated rings. The van der Waals surface area contributed by atoms with Crippen LogP contribution < -0.4 is 10.1 Å². The average Bonchev–Trinajstić information content (AvgIpc) is 2.56. The largest absolute Gasteiger partial charge is 0.491 e. The number of hydrogen-bond acceptors (Lipinski definition) is 3. The predicted octanol–water partition coefficient (Wildman–Crippen LogP) is 4.48. The molecule has 27 heavy (non-hydrogen) atoms. The fraction of sp³-hybridized carbons (Fsp3) is 0.316. The van der Waals surface area contributed by atoms with Gasteiger partial charge in [0, 0.05) is 12.2 Å². The average molecular weight is 401 g/mol. The van der Waals surface area contributed by atoms with Crippen molar-refractivity contribution in [3.8, 4) is 5.75 Å². The summed E-state index contributed by atoms with van der Waals surface area (Å²) in [6, 6.07) is 9.49. The number of carbonyl (C=O) groups is 1. The number of anilines is 1. The summed E-state index contributed by atoms with van der Waals surface area (Å²) in [6.45, 7) is 1.19. The Balaban J connectivity index is 1.97. The van der Waals surface area contributed by atoms with E-state index in [1.165, 1.54) is 18.2 Å². The van der Waals surface area contributed by atoms with E-state index in [0.717, 1.165) is 18.7 Å². The molecule has 1 amide bonds. The summed E-state index contributed by atoms with van der Waals surface area (Å²) in [4.78, 5) is 14.1. The van der Waals surface area contributed by atoms with Gasteiger partial charge < -0.3 is 15.0 Å². The standard InChI is InChI=1S/C19H20ClF3N2O2/c1-25(2)8-9-27-17-7-6-15(12-16(17)20)24-18(26)11-13-4-3-5-14(10-13)19(21,22)23/h3-7,10,12H,8-9,11H2,1-2H3,(H,24,26). The minimum atomic E-state index is -4.44. The first-order valence-electron chi connectivity index (χ1n) is 8.18. The van der Waals surface area contributed by atoms with Crippen molar-refractivity contribution < 1.29 is 22.7 Å². The molecular weight excluding hydrogens is 381 g/mol. The third-order valence-corrected chi connectivity index (χ3v) is 3.93. The van der Waals surface area contributed by atoms with Crippen LogP contribution in [0.4, 0.5) is 18.9 Å². The Kier molecular flexibility index (Phi) is 7.10. The zero-order valence-electron chi connectivity index (χ0n) is 14.9. The Hall–Kier alpha value is -2.25. The molecule has 4 nitrogen and oxygen atoms in total. The van der Waals surface area contributed by atoms with Gasteiger partial charge in [-0.2, -0.15) is 13.2 Å². The molecule has 0 aromatic heterocycles. The molecule has 0 heterocycles. The van der Waals surface area contributed by atoms with Gasteiger partial charge in [0.05, 0.1) is 17.0 Å². The topological polar surface area (TPSA) is 41.6 Å². The van der Waals surface area contributed by atoms with E-state index in [9.17, 15) is 18.0 Å². The molecule has 8 heteroatoms. The van der Waals surface area contributed by atoms with Gasteiger partial charge in [-0.1, -0.05) is 29.8 Å². The first kappa shape index (κ1) is 21.1. The fourth-order valence-electron chi connectivity index (χ4n) is 2.28. The number of hydrogen-bond donors (Lipinski definition) is 1. The van der Waals surface area contributed by atoms with Gasteiger partial charge in [0.1, 0.15) is 12.4 Å². The third-order valence-electron chi connectivity index (χ3n) is 3.63. The predicted molar refractivity (Wildman–Crippen MR) is 99.3 cm³/mol. The van der Waals surface area contributed by atoms with E-state index in [1.54, 1.807) is 12.1 Å². The van der Waals surface area contributed by atoms with Gasteiger partial charge in [-0.3, -0.25) is 4.79 Å². The Morgan fingerprint density at radius 1 is 1.19 bits per heavy atom. The number of carbonyl (C=O) groups excluding carboxylic acids is 1. The molecule has 2 rings (SSSR count). The molecule has 0 saturated heterocycles. The molecule has 0 atom stereocenters. The zero-order chi connectivity index (χ0) is 20.0. The monoisotopic (exact) mass is 400 g/mol. The number of ether oxygens (including phenoxy) is 1. The lowest BCUT2D eigenvalue weighted by atomic mass is 10.1. The molecular formula is C19H20ClF3N2O2. The second-order valence-electron chi connectivity index (χ2n) is 6.22. The number of rotatable bonds is 7. The molecule has 0 unspecified atom stereocenters. The second-order valence-corrected chi connectivity index (χ2v) is 6.63. The van der Waals surface area contributed by atoms with Crippen LogP contribution in [0.15, 0.2) is 42.5 Å². The smallest absolute Gasteiger partial charge is 0.416 e. The SMILES string of the molecule is CN(C)CCOc1ccc(NC(=O)Cc2cccc(C(F)(F)F)c2)cc1Cl. The van der Waals surface area contributed by atoms with E-state index in [-0.39, 0.29) is 12.0 Å². The number of likely N-dealkylation sites (N-methyl/N-ethyl adjacent to an activating group) is 1. The van der Waals surface area contributed by atoms with Gasteiger partial charge in [0.25, 0.3) is 0 Å². The van der Waals surface area contributed by atoms with Gasteiger partial charge in [0.15, 0.2) is 0 Å². The Morgan fingerprint density at radius 2 is 1.93 bits per heavy atom. The van der Waals surface area contributed by atoms with Crippen molar-refractivity contribution in [2.24, 2.45) is 0 Å². The molecule has 0 saturated carbocycles. The lowest BCUT2D eigenvalue weighted by Gasteiger charge is -2.13. The van der Waals surface area contributed by atoms with E-state index in [2.05, 4.69) is 5.32 Å². The molecule has 2 aromatic rings. The fourth-order valence-corrected chi connectivity index (χ4v) is 2.52. The highest BCUT2D eigenvalue weighted by molar-refractivity contribution is 6.32. The van der Waals surface area contributed by atoms with Gasteiger partial charge in [-0.15, -0.1) is 0 Å². The third kappa shape index (κ3) is 6.77. The molecule has 0 aliphatic heterocycles. The number of alkyl halides is 3. The molecule has 1 N–H and O–H groups in total. The van der Waals surface area contributed by atoms with Crippen molar-refractivity contribution in [3.05, 3.63) is 58.6 Å². The van der Waals surface area contributed by atoms with E-state index >= 15 is 0 Å². The van der Waals surface area contributed by atoms with Crippen LogP contribution in [-0.4, -0.2) is 38.1 Å². The lowest BCUT2D eigenvalue weighted by Crippen LogP contribution is -2.19. The van der Waals surface area contributed by atoms with Crippen LogP contribution in [0.3, 0.4) is 0 Å². The van der Waals surface area contributed by atoms with Crippen LogP contribution in [0.25, 0.3) is 0 Å². The van der Waals surface area contributed by atoms with E-state index in [4.69, 9.17) is 16.3 Å². The van der Waals surface area contributed by atoms with Gasteiger partial charge in [-0.25, -0.2) is 0 Å². The lowest BCUT2D eigenvalue weighted by molar-refractivity contribution is -0.137. The maximum absolute atomic E-state index is 12.7. The number of nitrogens with zero attached hydrogens (tertiary/aromatic N) is 1. The highest BCUT2D eigenvalue weighted by atomic mass is 35.5. The minimum Gasteiger partial charge on any atom is -0.491 e. The van der Waals surface area contributed by atoms with E-state index in [0.29, 0.717) is 23.1 Å². The summed E-state index contributed by atoms with van der Waals surface area (Å²) < 4.78 is 43.8. The molecule has 0 spiro atoms. The Morgan fingerprint density at radius 3 is 2.56 bits per heavy atom. The summed E-state index contributed by atoms with van der Waals surface area (Å²) in [7, 11) is 3.85. The highest BCUT2D eigenvalue weighted by Gasteiger charge is 2.30. The summed E-state index contributed by atoms with van der Waals surface area (Å²) in [5.74, 6) is 0.0565. The number of nitrogens with one attached hydrogen (secondary N) is 1. The van der Waals surface area contributed by atoms with Crippen molar-refractivity contribution in [3.63, 3.8) is 0 Å². The summed E-state index contributed by atoms with van der Waals surface area (Å²) in [6.07, 6.45) is -4.62. The van der Waals surface area contributed by atoms with Crippen LogP contribution >= 0.6 is 11.6 Å². The normalized spacial score (nSPS) is 11.5. The number of amides is 1. The van der Waals surface area contributed by atoms with Crippen LogP contribution in [-0.2, 0) is 17.4 Å². The van der Waals surface area contributed by atoms with Crippen LogP contribution in [0, 0.1) is 0 Å². The van der Waals surface area contributed by atoms with Crippen LogP contribution in [0.5, 0.6) is 5.75 Å². The summed E-state index contributed by atoms with van der Waals surface area (Å²) in [5, 5.41) is 2.96. The summed E-state index contributed by atoms with van der Waals surface area (Å²) in [5.41, 5.74) is -0.0657. The maximum Gasteiger partial charge on any atom is 0.416 e. The number of benzene rings is 2. The Bertz CT molecular complexity index is 795. The van der Waals surface area contributed by atoms with Crippen molar-refractivity contribution >= 4 is 23.2 Å². The first-order valence-corrected chi connectivity index (χ1v) is 8.56. The molecule has 0 radical (unpaired) electrons. The van der Waals surface area contributed by atoms with Crippen molar-refractivity contribution in [2.45, 2.75) is 12.6 Å². The van der Waals surface area contributed by atoms with Crippen LogP contribution in [0.1, 0.15) is 11.1 Å². The van der Waals surface area contributed by atoms with Gasteiger partial charge in [0.2, 0.25) is 5.91 Å².